The Hall–Kier alpha value is -0.970. The van der Waals surface area contributed by atoms with E-state index in [4.69, 9.17) is 36.1 Å². The molecule has 11 N–H and O–H groups in total. The fourth-order valence-corrected chi connectivity index (χ4v) is 4.93. The van der Waals surface area contributed by atoms with Crippen LogP contribution in [0, 0.1) is 0 Å². The van der Waals surface area contributed by atoms with Crippen molar-refractivity contribution in [1.29, 1.82) is 0 Å². The number of hydrogen-bond acceptors (Lipinski definition) is 12. The molecule has 12 atom stereocenters. The molecular formula is C21H41N5O8. The van der Waals surface area contributed by atoms with Crippen molar-refractivity contribution in [2.45, 2.75) is 106 Å². The van der Waals surface area contributed by atoms with Gasteiger partial charge in [0.2, 0.25) is 5.91 Å². The highest BCUT2D eigenvalue weighted by Gasteiger charge is 2.50. The van der Waals surface area contributed by atoms with Crippen molar-refractivity contribution in [1.82, 2.24) is 10.6 Å². The Morgan fingerprint density at radius 3 is 2.26 bits per heavy atom. The van der Waals surface area contributed by atoms with Gasteiger partial charge in [-0.3, -0.25) is 4.79 Å². The zero-order chi connectivity index (χ0) is 25.2. The van der Waals surface area contributed by atoms with Crippen molar-refractivity contribution in [2.75, 3.05) is 20.2 Å². The summed E-state index contributed by atoms with van der Waals surface area (Å²) in [5, 5.41) is 37.8. The molecule has 13 heteroatoms. The van der Waals surface area contributed by atoms with E-state index in [9.17, 15) is 20.1 Å². The van der Waals surface area contributed by atoms with Crippen molar-refractivity contribution in [3.8, 4) is 0 Å². The molecule has 3 rings (SSSR count). The van der Waals surface area contributed by atoms with Gasteiger partial charge in [0.25, 0.3) is 0 Å². The standard InChI is InChI=1S/C21H41N5O8/c1-9(27)26-7-10-4-5-11(22)19(32-10)33-16-12(23)6-13(24)17(14(16)28)34-20-15(29)18(25-3)21(2,30)8-31-20/h10-20,25,28-30H,4-8,22-24H2,1-3H3,(H,26,27)/t10-,11+,12-,13+,14-,15+,16+,17-,18+,19-,20+,21-/m0/s1. The third kappa shape index (κ3) is 6.23. The number of carbonyl (C=O) groups excluding carboxylic acids is 1. The second-order valence-corrected chi connectivity index (χ2v) is 9.85. The van der Waals surface area contributed by atoms with E-state index in [0.717, 1.165) is 0 Å². The molecule has 0 bridgehead atoms. The number of likely N-dealkylation sites (N-methyl/N-ethyl adjacent to an activating group) is 1. The number of rotatable bonds is 7. The number of aliphatic hydroxyl groups is 3. The lowest BCUT2D eigenvalue weighted by molar-refractivity contribution is -0.306. The van der Waals surface area contributed by atoms with Crippen molar-refractivity contribution in [2.24, 2.45) is 17.2 Å². The molecule has 0 aromatic carbocycles. The predicted molar refractivity (Wildman–Crippen MR) is 120 cm³/mol. The maximum atomic E-state index is 11.2. The van der Waals surface area contributed by atoms with E-state index in [1.165, 1.54) is 6.92 Å². The summed E-state index contributed by atoms with van der Waals surface area (Å²) in [5.74, 6) is -0.163. The van der Waals surface area contributed by atoms with Gasteiger partial charge in [0.1, 0.15) is 30.0 Å². The molecule has 1 amide bonds. The topological polar surface area (TPSA) is 217 Å². The first-order valence-electron chi connectivity index (χ1n) is 11.8. The molecule has 198 valence electrons. The number of aliphatic hydroxyl groups excluding tert-OH is 2. The number of carbonyl (C=O) groups is 1. The summed E-state index contributed by atoms with van der Waals surface area (Å²) >= 11 is 0. The fraction of sp³-hybridized carbons (Fsp3) is 0.952. The van der Waals surface area contributed by atoms with E-state index in [0.29, 0.717) is 19.4 Å². The van der Waals surface area contributed by atoms with Crippen LogP contribution >= 0.6 is 0 Å². The number of amides is 1. The van der Waals surface area contributed by atoms with E-state index in [-0.39, 0.29) is 25.0 Å². The van der Waals surface area contributed by atoms with Gasteiger partial charge in [-0.05, 0) is 33.2 Å². The van der Waals surface area contributed by atoms with E-state index >= 15 is 0 Å². The van der Waals surface area contributed by atoms with Crippen LogP contribution in [0.4, 0.5) is 0 Å². The summed E-state index contributed by atoms with van der Waals surface area (Å²) < 4.78 is 23.4. The van der Waals surface area contributed by atoms with Crippen LogP contribution in [0.3, 0.4) is 0 Å². The van der Waals surface area contributed by atoms with Gasteiger partial charge < -0.3 is 62.1 Å². The molecular weight excluding hydrogens is 450 g/mol. The Labute approximate surface area is 199 Å². The molecule has 1 aliphatic carbocycles. The molecule has 34 heavy (non-hydrogen) atoms. The van der Waals surface area contributed by atoms with Gasteiger partial charge in [0.15, 0.2) is 12.6 Å². The first-order valence-corrected chi connectivity index (χ1v) is 11.8. The molecule has 13 nitrogen and oxygen atoms in total. The Morgan fingerprint density at radius 2 is 1.68 bits per heavy atom. The molecule has 3 fully saturated rings. The Morgan fingerprint density at radius 1 is 1.06 bits per heavy atom. The van der Waals surface area contributed by atoms with Gasteiger partial charge in [-0.2, -0.15) is 0 Å². The predicted octanol–water partition coefficient (Wildman–Crippen LogP) is -3.80. The highest BCUT2D eigenvalue weighted by molar-refractivity contribution is 5.72. The van der Waals surface area contributed by atoms with Crippen LogP contribution in [0.1, 0.15) is 33.1 Å². The first-order chi connectivity index (χ1) is 15.9. The molecule has 2 aliphatic heterocycles. The minimum Gasteiger partial charge on any atom is -0.388 e. The maximum absolute atomic E-state index is 11.2. The van der Waals surface area contributed by atoms with Crippen molar-refractivity contribution in [3.63, 3.8) is 0 Å². The lowest BCUT2D eigenvalue weighted by atomic mass is 9.84. The molecule has 2 heterocycles. The summed E-state index contributed by atoms with van der Waals surface area (Å²) in [6.45, 7) is 3.21. The lowest BCUT2D eigenvalue weighted by Crippen LogP contribution is -2.68. The Kier molecular flexibility index (Phi) is 9.25. The van der Waals surface area contributed by atoms with Gasteiger partial charge in [-0.1, -0.05) is 0 Å². The molecule has 0 aromatic rings. The minimum atomic E-state index is -1.31. The molecule has 0 radical (unpaired) electrons. The number of nitrogens with one attached hydrogen (secondary N) is 2. The van der Waals surface area contributed by atoms with Gasteiger partial charge in [0.05, 0.1) is 24.8 Å². The van der Waals surface area contributed by atoms with Gasteiger partial charge in [-0.25, -0.2) is 0 Å². The van der Waals surface area contributed by atoms with Crippen LogP contribution in [0.25, 0.3) is 0 Å². The molecule has 3 aliphatic rings. The zero-order valence-electron chi connectivity index (χ0n) is 20.0. The van der Waals surface area contributed by atoms with Crippen molar-refractivity contribution >= 4 is 5.91 Å². The van der Waals surface area contributed by atoms with E-state index < -0.39 is 66.8 Å². The number of hydrogen-bond donors (Lipinski definition) is 8. The third-order valence-corrected chi connectivity index (χ3v) is 6.86. The number of ether oxygens (including phenoxy) is 4. The molecule has 0 aromatic heterocycles. The normalized spacial score (nSPS) is 47.9. The molecule has 1 saturated carbocycles. The van der Waals surface area contributed by atoms with E-state index in [1.807, 2.05) is 0 Å². The number of nitrogens with two attached hydrogens (primary N) is 3. The lowest BCUT2D eigenvalue weighted by Gasteiger charge is -2.48. The third-order valence-electron chi connectivity index (χ3n) is 6.86. The summed E-state index contributed by atoms with van der Waals surface area (Å²) in [6, 6.07) is -2.42. The van der Waals surface area contributed by atoms with Crippen molar-refractivity contribution in [3.05, 3.63) is 0 Å². The van der Waals surface area contributed by atoms with Crippen LogP contribution in [-0.4, -0.2) is 114 Å². The maximum Gasteiger partial charge on any atom is 0.216 e. The molecule has 0 spiro atoms. The summed E-state index contributed by atoms with van der Waals surface area (Å²) in [4.78, 5) is 11.2. The van der Waals surface area contributed by atoms with Crippen LogP contribution in [-0.2, 0) is 23.7 Å². The van der Waals surface area contributed by atoms with Crippen LogP contribution in [0.15, 0.2) is 0 Å². The summed E-state index contributed by atoms with van der Waals surface area (Å²) in [5.41, 5.74) is 17.4. The van der Waals surface area contributed by atoms with Gasteiger partial charge >= 0.3 is 0 Å². The quantitative estimate of drug-likeness (QED) is 0.172. The summed E-state index contributed by atoms with van der Waals surface area (Å²) in [6.07, 6.45) is -5.03. The van der Waals surface area contributed by atoms with Crippen molar-refractivity contribution < 1.29 is 39.1 Å². The summed E-state index contributed by atoms with van der Waals surface area (Å²) in [7, 11) is 1.61. The molecule has 0 unspecified atom stereocenters. The van der Waals surface area contributed by atoms with Crippen LogP contribution < -0.4 is 27.8 Å². The van der Waals surface area contributed by atoms with Gasteiger partial charge in [0, 0.05) is 25.6 Å². The highest BCUT2D eigenvalue weighted by atomic mass is 16.7. The average Bonchev–Trinajstić information content (AvgIpc) is 2.75. The Balaban J connectivity index is 1.66. The smallest absolute Gasteiger partial charge is 0.216 e. The second kappa shape index (κ2) is 11.4. The first kappa shape index (κ1) is 27.6. The minimum absolute atomic E-state index is 0.0851. The monoisotopic (exact) mass is 491 g/mol. The second-order valence-electron chi connectivity index (χ2n) is 9.85. The fourth-order valence-electron chi connectivity index (χ4n) is 4.93. The van der Waals surface area contributed by atoms with Crippen LogP contribution in [0.2, 0.25) is 0 Å². The van der Waals surface area contributed by atoms with Crippen LogP contribution in [0.5, 0.6) is 0 Å². The highest BCUT2D eigenvalue weighted by Crippen LogP contribution is 2.31. The SMILES string of the molecule is CN[C@@H]1[C@@H](O)[C@@H](O[C@@H]2[C@@H](O)[C@H](O[C@@H]3O[C@H](CNC(C)=O)CC[C@H]3N)[C@@H](N)C[C@H]2N)OC[C@]1(C)O. The van der Waals surface area contributed by atoms with E-state index in [2.05, 4.69) is 10.6 Å². The zero-order valence-corrected chi connectivity index (χ0v) is 20.0. The average molecular weight is 492 g/mol. The largest absolute Gasteiger partial charge is 0.388 e. The van der Waals surface area contributed by atoms with E-state index in [1.54, 1.807) is 14.0 Å². The molecule has 2 saturated heterocycles. The van der Waals surface area contributed by atoms with Gasteiger partial charge in [-0.15, -0.1) is 0 Å². The Bertz CT molecular complexity index is 688.